The van der Waals surface area contributed by atoms with Crippen LogP contribution in [0.25, 0.3) is 0 Å². The maximum atomic E-state index is 14.0. The fraction of sp³-hybridized carbons (Fsp3) is 0.250. The second-order valence-electron chi connectivity index (χ2n) is 9.50. The molecule has 0 N–H and O–H groups in total. The Morgan fingerprint density at radius 3 is 2.14 bits per heavy atom. The summed E-state index contributed by atoms with van der Waals surface area (Å²) in [5, 5.41) is 2.12. The molecule has 1 unspecified atom stereocenters. The van der Waals surface area contributed by atoms with Gasteiger partial charge in [0.05, 0.1) is 18.5 Å². The largest absolute Gasteiger partial charge is 0.333 e. The number of benzene rings is 3. The number of carbonyl (C=O) groups excluding carboxylic acids is 2. The van der Waals surface area contributed by atoms with E-state index in [1.165, 1.54) is 16.0 Å². The third-order valence-electron chi connectivity index (χ3n) is 7.30. The average molecular weight is 509 g/mol. The highest BCUT2D eigenvalue weighted by molar-refractivity contribution is 7.10. The summed E-state index contributed by atoms with van der Waals surface area (Å²) in [5.74, 6) is -0.513. The lowest BCUT2D eigenvalue weighted by atomic mass is 9.89. The zero-order chi connectivity index (χ0) is 25.8. The minimum Gasteiger partial charge on any atom is -0.333 e. The molecule has 2 heterocycles. The Kier molecular flexibility index (Phi) is 7.52. The van der Waals surface area contributed by atoms with Crippen molar-refractivity contribution in [3.05, 3.63) is 129 Å². The SMILES string of the molecule is CCN(CC(=O)N1CCc2sccc2C1c1ccccc1C)C(=O)C(c1ccccc1)c1ccccc1. The molecule has 37 heavy (non-hydrogen) atoms. The number of amides is 2. The molecule has 0 saturated carbocycles. The molecule has 0 saturated heterocycles. The number of hydrogen-bond acceptors (Lipinski definition) is 3. The van der Waals surface area contributed by atoms with Gasteiger partial charge in [0, 0.05) is 18.0 Å². The summed E-state index contributed by atoms with van der Waals surface area (Å²) in [7, 11) is 0. The minimum absolute atomic E-state index is 0.0137. The molecule has 1 aliphatic heterocycles. The van der Waals surface area contributed by atoms with Gasteiger partial charge < -0.3 is 9.80 Å². The first kappa shape index (κ1) is 25.0. The highest BCUT2D eigenvalue weighted by Crippen LogP contribution is 2.39. The molecule has 3 aromatic carbocycles. The van der Waals surface area contributed by atoms with Gasteiger partial charge in [-0.3, -0.25) is 9.59 Å². The summed E-state index contributed by atoms with van der Waals surface area (Å²) in [4.78, 5) is 33.0. The Morgan fingerprint density at radius 1 is 0.892 bits per heavy atom. The van der Waals surface area contributed by atoms with Gasteiger partial charge in [0.15, 0.2) is 0 Å². The number of rotatable bonds is 7. The average Bonchev–Trinajstić information content (AvgIpc) is 3.42. The van der Waals surface area contributed by atoms with E-state index in [1.54, 1.807) is 16.2 Å². The number of thiophene rings is 1. The van der Waals surface area contributed by atoms with E-state index in [0.717, 1.165) is 23.1 Å². The lowest BCUT2D eigenvalue weighted by Gasteiger charge is -2.38. The van der Waals surface area contributed by atoms with Crippen molar-refractivity contribution in [2.24, 2.45) is 0 Å². The summed E-state index contributed by atoms with van der Waals surface area (Å²) < 4.78 is 0. The van der Waals surface area contributed by atoms with Crippen LogP contribution in [0.15, 0.2) is 96.4 Å². The molecular formula is C32H32N2O2S. The van der Waals surface area contributed by atoms with Crippen LogP contribution in [0.2, 0.25) is 0 Å². The van der Waals surface area contributed by atoms with Crippen molar-refractivity contribution < 1.29 is 9.59 Å². The molecule has 188 valence electrons. The highest BCUT2D eigenvalue weighted by atomic mass is 32.1. The Labute approximate surface area is 223 Å². The molecule has 0 aliphatic carbocycles. The molecule has 2 amide bonds. The topological polar surface area (TPSA) is 40.6 Å². The van der Waals surface area contributed by atoms with Crippen LogP contribution in [0.3, 0.4) is 0 Å². The number of likely N-dealkylation sites (N-methyl/N-ethyl adjacent to an activating group) is 1. The molecule has 1 aromatic heterocycles. The Bertz CT molecular complexity index is 1330. The fourth-order valence-electron chi connectivity index (χ4n) is 5.36. The summed E-state index contributed by atoms with van der Waals surface area (Å²) in [5.41, 5.74) is 5.39. The summed E-state index contributed by atoms with van der Waals surface area (Å²) >= 11 is 1.76. The summed E-state index contributed by atoms with van der Waals surface area (Å²) in [6.45, 7) is 5.23. The highest BCUT2D eigenvalue weighted by Gasteiger charge is 2.35. The zero-order valence-electron chi connectivity index (χ0n) is 21.3. The van der Waals surface area contributed by atoms with Gasteiger partial charge >= 0.3 is 0 Å². The van der Waals surface area contributed by atoms with Crippen molar-refractivity contribution in [2.75, 3.05) is 19.6 Å². The first-order valence-corrected chi connectivity index (χ1v) is 13.8. The van der Waals surface area contributed by atoms with Crippen molar-refractivity contribution in [1.29, 1.82) is 0 Å². The number of fused-ring (bicyclic) bond motifs is 1. The van der Waals surface area contributed by atoms with Gasteiger partial charge in [-0.15, -0.1) is 11.3 Å². The van der Waals surface area contributed by atoms with E-state index in [4.69, 9.17) is 0 Å². The van der Waals surface area contributed by atoms with Gasteiger partial charge in [0.25, 0.3) is 0 Å². The van der Waals surface area contributed by atoms with Crippen LogP contribution in [-0.2, 0) is 16.0 Å². The van der Waals surface area contributed by atoms with Gasteiger partial charge in [-0.1, -0.05) is 84.9 Å². The van der Waals surface area contributed by atoms with E-state index in [1.807, 2.05) is 84.6 Å². The number of aryl methyl sites for hydroxylation is 1. The van der Waals surface area contributed by atoms with Gasteiger partial charge in [0.2, 0.25) is 11.8 Å². The number of nitrogens with zero attached hydrogens (tertiary/aromatic N) is 2. The van der Waals surface area contributed by atoms with Gasteiger partial charge in [-0.05, 0) is 59.5 Å². The molecule has 1 aliphatic rings. The molecule has 0 radical (unpaired) electrons. The fourth-order valence-corrected chi connectivity index (χ4v) is 6.27. The molecule has 0 fully saturated rings. The molecule has 4 nitrogen and oxygen atoms in total. The van der Waals surface area contributed by atoms with Crippen molar-refractivity contribution in [3.63, 3.8) is 0 Å². The predicted octanol–water partition coefficient (Wildman–Crippen LogP) is 6.21. The molecule has 0 spiro atoms. The maximum absolute atomic E-state index is 14.0. The summed E-state index contributed by atoms with van der Waals surface area (Å²) in [6.07, 6.45) is 0.845. The van der Waals surface area contributed by atoms with Crippen LogP contribution < -0.4 is 0 Å². The van der Waals surface area contributed by atoms with E-state index in [-0.39, 0.29) is 24.4 Å². The Hall–Kier alpha value is -3.70. The van der Waals surface area contributed by atoms with E-state index < -0.39 is 5.92 Å². The molecular weight excluding hydrogens is 476 g/mol. The lowest BCUT2D eigenvalue weighted by Crippen LogP contribution is -2.47. The van der Waals surface area contributed by atoms with Crippen molar-refractivity contribution >= 4 is 23.2 Å². The van der Waals surface area contributed by atoms with Crippen LogP contribution in [0.4, 0.5) is 0 Å². The lowest BCUT2D eigenvalue weighted by molar-refractivity contribution is -0.142. The quantitative estimate of drug-likeness (QED) is 0.298. The van der Waals surface area contributed by atoms with Crippen LogP contribution in [0.1, 0.15) is 51.6 Å². The first-order chi connectivity index (χ1) is 18.1. The maximum Gasteiger partial charge on any atom is 0.242 e. The number of carbonyl (C=O) groups is 2. The third-order valence-corrected chi connectivity index (χ3v) is 8.30. The Balaban J connectivity index is 1.44. The molecule has 1 atom stereocenters. The van der Waals surface area contributed by atoms with Crippen molar-refractivity contribution in [3.8, 4) is 0 Å². The van der Waals surface area contributed by atoms with Crippen LogP contribution in [0.5, 0.6) is 0 Å². The van der Waals surface area contributed by atoms with Crippen molar-refractivity contribution in [1.82, 2.24) is 9.80 Å². The minimum atomic E-state index is -0.452. The second-order valence-corrected chi connectivity index (χ2v) is 10.5. The van der Waals surface area contributed by atoms with Gasteiger partial charge in [-0.25, -0.2) is 0 Å². The third kappa shape index (κ3) is 5.09. The molecule has 5 heteroatoms. The van der Waals surface area contributed by atoms with E-state index >= 15 is 0 Å². The van der Waals surface area contributed by atoms with Gasteiger partial charge in [-0.2, -0.15) is 0 Å². The second kappa shape index (κ2) is 11.1. The zero-order valence-corrected chi connectivity index (χ0v) is 22.2. The van der Waals surface area contributed by atoms with Gasteiger partial charge in [0.1, 0.15) is 0 Å². The summed E-state index contributed by atoms with van der Waals surface area (Å²) in [6, 6.07) is 30.0. The number of hydrogen-bond donors (Lipinski definition) is 0. The van der Waals surface area contributed by atoms with Crippen LogP contribution in [-0.4, -0.2) is 41.2 Å². The van der Waals surface area contributed by atoms with Crippen LogP contribution >= 0.6 is 11.3 Å². The molecule has 0 bridgehead atoms. The van der Waals surface area contributed by atoms with E-state index in [9.17, 15) is 9.59 Å². The van der Waals surface area contributed by atoms with Crippen LogP contribution in [0, 0.1) is 6.92 Å². The predicted molar refractivity (Wildman–Crippen MR) is 150 cm³/mol. The first-order valence-electron chi connectivity index (χ1n) is 12.9. The Morgan fingerprint density at radius 2 is 1.51 bits per heavy atom. The molecule has 4 aromatic rings. The normalized spacial score (nSPS) is 14.9. The van der Waals surface area contributed by atoms with Crippen molar-refractivity contribution in [2.45, 2.75) is 32.2 Å². The van der Waals surface area contributed by atoms with E-state index in [0.29, 0.717) is 13.1 Å². The molecule has 5 rings (SSSR count). The standard InChI is InChI=1S/C32H32N2O2S/c1-3-33(32(36)30(24-13-6-4-7-14-24)25-15-8-5-9-16-25)22-29(35)34-20-18-28-27(19-21-37-28)31(34)26-17-11-10-12-23(26)2/h4-17,19,21,30-31H,3,18,20,22H2,1-2H3. The monoisotopic (exact) mass is 508 g/mol. The smallest absolute Gasteiger partial charge is 0.242 e. The van der Waals surface area contributed by atoms with E-state index in [2.05, 4.69) is 30.5 Å².